The molecule has 0 fully saturated rings. The summed E-state index contributed by atoms with van der Waals surface area (Å²) in [5.74, 6) is 0.196. The average molecular weight is 141 g/mol. The van der Waals surface area contributed by atoms with Crippen LogP contribution in [-0.4, -0.2) is 24.4 Å². The molecule has 0 spiro atoms. The molecular weight excluding hydrogens is 126 g/mol. The zero-order valence-corrected chi connectivity index (χ0v) is 6.76. The second-order valence-electron chi connectivity index (χ2n) is 2.25. The van der Waals surface area contributed by atoms with Gasteiger partial charge in [0.1, 0.15) is 0 Å². The summed E-state index contributed by atoms with van der Waals surface area (Å²) in [6, 6.07) is 0. The van der Waals surface area contributed by atoms with Crippen LogP contribution in [0.1, 0.15) is 19.8 Å². The van der Waals surface area contributed by atoms with Gasteiger partial charge in [-0.2, -0.15) is 0 Å². The predicted molar refractivity (Wildman–Crippen MR) is 42.7 cm³/mol. The number of carbonyl (C=O) groups is 1. The maximum atomic E-state index is 10.9. The number of amides is 1. The summed E-state index contributed by atoms with van der Waals surface area (Å²) in [6.45, 7) is 6.24. The van der Waals surface area contributed by atoms with E-state index in [0.29, 0.717) is 6.42 Å². The molecule has 0 radical (unpaired) electrons. The Morgan fingerprint density at radius 2 is 2.30 bits per heavy atom. The molecule has 0 aromatic carbocycles. The van der Waals surface area contributed by atoms with Crippen molar-refractivity contribution >= 4 is 5.91 Å². The van der Waals surface area contributed by atoms with Gasteiger partial charge < -0.3 is 4.90 Å². The van der Waals surface area contributed by atoms with Gasteiger partial charge in [-0.15, -0.1) is 6.58 Å². The van der Waals surface area contributed by atoms with Crippen molar-refractivity contribution in [2.24, 2.45) is 0 Å². The summed E-state index contributed by atoms with van der Waals surface area (Å²) in [5.41, 5.74) is 0. The second-order valence-corrected chi connectivity index (χ2v) is 2.25. The predicted octanol–water partition coefficient (Wildman–Crippen LogP) is 1.43. The Morgan fingerprint density at radius 3 is 2.70 bits per heavy atom. The van der Waals surface area contributed by atoms with Crippen LogP contribution in [0.3, 0.4) is 0 Å². The van der Waals surface area contributed by atoms with E-state index in [1.165, 1.54) is 0 Å². The van der Waals surface area contributed by atoms with Gasteiger partial charge in [0.15, 0.2) is 0 Å². The van der Waals surface area contributed by atoms with E-state index < -0.39 is 0 Å². The van der Waals surface area contributed by atoms with E-state index in [1.807, 2.05) is 20.0 Å². The standard InChI is InChI=1S/C8H15NO/c1-4-6-7-9(3)8(10)5-2/h4H,1,5-7H2,2-3H3. The molecule has 0 aliphatic carbocycles. The number of hydrogen-bond donors (Lipinski definition) is 0. The lowest BCUT2D eigenvalue weighted by atomic mass is 10.3. The van der Waals surface area contributed by atoms with Crippen LogP contribution in [0.15, 0.2) is 12.7 Å². The van der Waals surface area contributed by atoms with E-state index in [2.05, 4.69) is 6.58 Å². The SMILES string of the molecule is C=CCCN(C)C(=O)CC. The fourth-order valence-corrected chi connectivity index (χ4v) is 0.680. The Hall–Kier alpha value is -0.790. The summed E-state index contributed by atoms with van der Waals surface area (Å²) >= 11 is 0. The monoisotopic (exact) mass is 141 g/mol. The molecule has 0 aliphatic rings. The number of hydrogen-bond acceptors (Lipinski definition) is 1. The first kappa shape index (κ1) is 9.21. The molecule has 58 valence electrons. The highest BCUT2D eigenvalue weighted by Crippen LogP contribution is 1.91. The van der Waals surface area contributed by atoms with Gasteiger partial charge >= 0.3 is 0 Å². The van der Waals surface area contributed by atoms with Gasteiger partial charge in [-0.1, -0.05) is 13.0 Å². The quantitative estimate of drug-likeness (QED) is 0.542. The number of nitrogens with zero attached hydrogens (tertiary/aromatic N) is 1. The Labute approximate surface area is 62.5 Å². The van der Waals surface area contributed by atoms with E-state index >= 15 is 0 Å². The first-order valence-corrected chi connectivity index (χ1v) is 3.57. The minimum Gasteiger partial charge on any atom is -0.345 e. The van der Waals surface area contributed by atoms with Gasteiger partial charge in [0, 0.05) is 20.0 Å². The van der Waals surface area contributed by atoms with Crippen LogP contribution in [0.2, 0.25) is 0 Å². The van der Waals surface area contributed by atoms with E-state index in [-0.39, 0.29) is 5.91 Å². The average Bonchev–Trinajstić information content (AvgIpc) is 1.98. The van der Waals surface area contributed by atoms with E-state index in [1.54, 1.807) is 4.90 Å². The largest absolute Gasteiger partial charge is 0.345 e. The van der Waals surface area contributed by atoms with E-state index in [4.69, 9.17) is 0 Å². The molecule has 0 aromatic heterocycles. The van der Waals surface area contributed by atoms with Crippen molar-refractivity contribution in [3.63, 3.8) is 0 Å². The molecule has 0 saturated heterocycles. The van der Waals surface area contributed by atoms with Crippen LogP contribution < -0.4 is 0 Å². The zero-order chi connectivity index (χ0) is 7.98. The minimum absolute atomic E-state index is 0.196. The molecule has 2 nitrogen and oxygen atoms in total. The summed E-state index contributed by atoms with van der Waals surface area (Å²) in [7, 11) is 1.81. The lowest BCUT2D eigenvalue weighted by molar-refractivity contribution is -0.129. The van der Waals surface area contributed by atoms with Gasteiger partial charge in [-0.3, -0.25) is 4.79 Å². The van der Waals surface area contributed by atoms with Gasteiger partial charge in [0.25, 0.3) is 0 Å². The van der Waals surface area contributed by atoms with Crippen molar-refractivity contribution in [2.45, 2.75) is 19.8 Å². The second kappa shape index (κ2) is 5.03. The van der Waals surface area contributed by atoms with Gasteiger partial charge in [-0.25, -0.2) is 0 Å². The first-order valence-electron chi connectivity index (χ1n) is 3.57. The Balaban J connectivity index is 3.50. The van der Waals surface area contributed by atoms with Crippen LogP contribution in [0, 0.1) is 0 Å². The topological polar surface area (TPSA) is 20.3 Å². The molecule has 2 heteroatoms. The van der Waals surface area contributed by atoms with Gasteiger partial charge in [-0.05, 0) is 6.42 Å². The fraction of sp³-hybridized carbons (Fsp3) is 0.625. The Morgan fingerprint density at radius 1 is 1.70 bits per heavy atom. The molecule has 0 unspecified atom stereocenters. The molecule has 0 heterocycles. The summed E-state index contributed by atoms with van der Waals surface area (Å²) in [6.07, 6.45) is 3.29. The minimum atomic E-state index is 0.196. The lowest BCUT2D eigenvalue weighted by Gasteiger charge is -2.14. The highest BCUT2D eigenvalue weighted by Gasteiger charge is 2.02. The molecule has 0 aromatic rings. The summed E-state index contributed by atoms with van der Waals surface area (Å²) in [5, 5.41) is 0. The molecule has 0 saturated carbocycles. The fourth-order valence-electron chi connectivity index (χ4n) is 0.680. The van der Waals surface area contributed by atoms with E-state index in [0.717, 1.165) is 13.0 Å². The molecule has 0 rings (SSSR count). The molecule has 0 atom stereocenters. The summed E-state index contributed by atoms with van der Waals surface area (Å²) < 4.78 is 0. The van der Waals surface area contributed by atoms with Crippen molar-refractivity contribution in [1.82, 2.24) is 4.90 Å². The van der Waals surface area contributed by atoms with Crippen LogP contribution in [0.25, 0.3) is 0 Å². The van der Waals surface area contributed by atoms with Crippen LogP contribution >= 0.6 is 0 Å². The molecule has 0 bridgehead atoms. The van der Waals surface area contributed by atoms with Crippen LogP contribution in [-0.2, 0) is 4.79 Å². The third-order valence-corrected chi connectivity index (χ3v) is 1.40. The smallest absolute Gasteiger partial charge is 0.222 e. The highest BCUT2D eigenvalue weighted by molar-refractivity contribution is 5.75. The Kier molecular flexibility index (Phi) is 4.63. The normalized spacial score (nSPS) is 9.00. The van der Waals surface area contributed by atoms with Gasteiger partial charge in [0.05, 0.1) is 0 Å². The number of carbonyl (C=O) groups excluding carboxylic acids is 1. The Bertz CT molecular complexity index is 120. The van der Waals surface area contributed by atoms with Crippen molar-refractivity contribution in [2.75, 3.05) is 13.6 Å². The van der Waals surface area contributed by atoms with Crippen molar-refractivity contribution in [1.29, 1.82) is 0 Å². The lowest BCUT2D eigenvalue weighted by Crippen LogP contribution is -2.26. The molecule has 1 amide bonds. The van der Waals surface area contributed by atoms with Crippen LogP contribution in [0.5, 0.6) is 0 Å². The first-order chi connectivity index (χ1) is 4.72. The van der Waals surface area contributed by atoms with Crippen LogP contribution in [0.4, 0.5) is 0 Å². The van der Waals surface area contributed by atoms with Crippen molar-refractivity contribution < 1.29 is 4.79 Å². The third-order valence-electron chi connectivity index (χ3n) is 1.40. The third kappa shape index (κ3) is 3.28. The zero-order valence-electron chi connectivity index (χ0n) is 6.76. The molecule has 0 aliphatic heterocycles. The molecular formula is C8H15NO. The van der Waals surface area contributed by atoms with E-state index in [9.17, 15) is 4.79 Å². The van der Waals surface area contributed by atoms with Crippen molar-refractivity contribution in [3.05, 3.63) is 12.7 Å². The highest BCUT2D eigenvalue weighted by atomic mass is 16.2. The van der Waals surface area contributed by atoms with Crippen molar-refractivity contribution in [3.8, 4) is 0 Å². The van der Waals surface area contributed by atoms with Gasteiger partial charge in [0.2, 0.25) is 5.91 Å². The maximum Gasteiger partial charge on any atom is 0.222 e. The molecule has 0 N–H and O–H groups in total. The molecule has 10 heavy (non-hydrogen) atoms. The number of rotatable bonds is 4. The summed E-state index contributed by atoms with van der Waals surface area (Å²) in [4.78, 5) is 12.6. The maximum absolute atomic E-state index is 10.9.